The highest BCUT2D eigenvalue weighted by molar-refractivity contribution is 6.32. The molecule has 4 aromatic carbocycles. The number of hydrogen-bond acceptors (Lipinski definition) is 7. The van der Waals surface area contributed by atoms with Crippen LogP contribution < -0.4 is 15.0 Å². The number of aliphatic hydroxyl groups is 2. The monoisotopic (exact) mass is 692 g/mol. The van der Waals surface area contributed by atoms with Crippen molar-refractivity contribution in [1.82, 2.24) is 0 Å². The van der Waals surface area contributed by atoms with Crippen molar-refractivity contribution < 1.29 is 29.6 Å². The minimum absolute atomic E-state index is 0.0824. The Hall–Kier alpha value is -4.89. The number of carbonyl (C=O) groups is 2. The average molecular weight is 693 g/mol. The second-order valence-electron chi connectivity index (χ2n) is 12.8. The lowest BCUT2D eigenvalue weighted by Crippen LogP contribution is -2.40. The molecule has 0 bridgehead atoms. The fourth-order valence-electron chi connectivity index (χ4n) is 7.10. The van der Waals surface area contributed by atoms with Crippen molar-refractivity contribution in [2.24, 2.45) is 17.8 Å². The molecule has 2 amide bonds. The minimum Gasteiger partial charge on any atom is -0.508 e. The summed E-state index contributed by atoms with van der Waals surface area (Å²) < 4.78 is 6.14. The highest BCUT2D eigenvalue weighted by Crippen LogP contribution is 2.47. The van der Waals surface area contributed by atoms with Crippen LogP contribution in [-0.2, 0) is 9.59 Å². The van der Waals surface area contributed by atoms with Gasteiger partial charge in [0.1, 0.15) is 18.1 Å². The van der Waals surface area contributed by atoms with E-state index in [0.717, 1.165) is 28.1 Å². The lowest BCUT2D eigenvalue weighted by atomic mass is 9.68. The topological polar surface area (TPSA) is 119 Å². The van der Waals surface area contributed by atoms with E-state index in [0.29, 0.717) is 41.3 Å². The number of benzene rings is 4. The van der Waals surface area contributed by atoms with Gasteiger partial charge in [-0.2, -0.15) is 0 Å². The molecule has 0 spiro atoms. The second-order valence-corrected chi connectivity index (χ2v) is 13.2. The molecule has 0 unspecified atom stereocenters. The summed E-state index contributed by atoms with van der Waals surface area (Å²) in [5.74, 6) is -2.27. The molecule has 1 heterocycles. The minimum atomic E-state index is -0.993. The molecule has 8 nitrogen and oxygen atoms in total. The van der Waals surface area contributed by atoms with E-state index < -0.39 is 30.5 Å². The van der Waals surface area contributed by atoms with Crippen LogP contribution >= 0.6 is 11.6 Å². The van der Waals surface area contributed by atoms with E-state index >= 15 is 0 Å². The van der Waals surface area contributed by atoms with E-state index in [2.05, 4.69) is 5.32 Å². The summed E-state index contributed by atoms with van der Waals surface area (Å²) in [5, 5.41) is 36.2. The van der Waals surface area contributed by atoms with Crippen molar-refractivity contribution in [2.45, 2.75) is 38.7 Å². The van der Waals surface area contributed by atoms with Gasteiger partial charge in [0.25, 0.3) is 0 Å². The van der Waals surface area contributed by atoms with Gasteiger partial charge in [0.15, 0.2) is 0 Å². The molecule has 6 rings (SSSR count). The van der Waals surface area contributed by atoms with Gasteiger partial charge in [-0.15, -0.1) is 0 Å². The summed E-state index contributed by atoms with van der Waals surface area (Å²) in [6.45, 7) is 1.72. The molecule has 9 heteroatoms. The smallest absolute Gasteiger partial charge is 0.238 e. The molecule has 258 valence electrons. The maximum Gasteiger partial charge on any atom is 0.238 e. The van der Waals surface area contributed by atoms with Gasteiger partial charge < -0.3 is 25.4 Å². The molecule has 1 aliphatic heterocycles. The Labute approximate surface area is 297 Å². The third-order valence-corrected chi connectivity index (χ3v) is 9.95. The molecule has 0 saturated carbocycles. The Bertz CT molecular complexity index is 1880. The van der Waals surface area contributed by atoms with Gasteiger partial charge in [0.05, 0.1) is 35.3 Å². The van der Waals surface area contributed by atoms with Crippen molar-refractivity contribution >= 4 is 46.6 Å². The summed E-state index contributed by atoms with van der Waals surface area (Å²) in [4.78, 5) is 29.4. The molecule has 0 aromatic heterocycles. The first-order valence-corrected chi connectivity index (χ1v) is 17.3. The highest BCUT2D eigenvalue weighted by atomic mass is 35.5. The van der Waals surface area contributed by atoms with E-state index in [1.165, 1.54) is 11.0 Å². The zero-order valence-electron chi connectivity index (χ0n) is 27.8. The van der Waals surface area contributed by atoms with Gasteiger partial charge in [-0.1, -0.05) is 66.6 Å². The summed E-state index contributed by atoms with van der Waals surface area (Å²) in [6.07, 6.45) is 2.76. The molecule has 1 saturated heterocycles. The van der Waals surface area contributed by atoms with Crippen LogP contribution in [0.2, 0.25) is 5.02 Å². The lowest BCUT2D eigenvalue weighted by molar-refractivity contribution is -0.123. The number of nitrogens with one attached hydrogen (secondary N) is 1. The number of anilines is 3. The fraction of sp³-hybridized carbons (Fsp3) is 0.268. The third kappa shape index (κ3) is 7.63. The highest BCUT2D eigenvalue weighted by Gasteiger charge is 2.55. The van der Waals surface area contributed by atoms with Crippen LogP contribution in [0.5, 0.6) is 11.5 Å². The number of hydrogen-bond donors (Lipinski definition) is 4. The number of allylic oxidation sites excluding steroid dienone is 1. The number of amides is 2. The van der Waals surface area contributed by atoms with Gasteiger partial charge in [-0.3, -0.25) is 14.5 Å². The number of halogens is 1. The first-order chi connectivity index (χ1) is 24.3. The number of para-hydroxylation sites is 2. The molecule has 2 aliphatic rings. The number of carbonyl (C=O) groups excluding carboxylic acids is 2. The Morgan fingerprint density at radius 2 is 1.64 bits per heavy atom. The van der Waals surface area contributed by atoms with Crippen molar-refractivity contribution in [1.29, 1.82) is 0 Å². The number of imide groups is 1. The molecule has 1 fully saturated rings. The Morgan fingerprint density at radius 1 is 0.960 bits per heavy atom. The van der Waals surface area contributed by atoms with Gasteiger partial charge in [0, 0.05) is 17.3 Å². The van der Waals surface area contributed by atoms with Gasteiger partial charge in [-0.05, 0) is 109 Å². The van der Waals surface area contributed by atoms with Crippen LogP contribution in [0.3, 0.4) is 0 Å². The largest absolute Gasteiger partial charge is 0.508 e. The van der Waals surface area contributed by atoms with E-state index in [9.17, 15) is 24.9 Å². The first-order valence-electron chi connectivity index (χ1n) is 16.9. The Morgan fingerprint density at radius 3 is 2.30 bits per heavy atom. The zero-order valence-corrected chi connectivity index (χ0v) is 28.6. The van der Waals surface area contributed by atoms with E-state index in [-0.39, 0.29) is 30.6 Å². The van der Waals surface area contributed by atoms with Crippen molar-refractivity contribution in [2.75, 3.05) is 23.4 Å². The number of rotatable bonds is 13. The Kier molecular flexibility index (Phi) is 11.0. The number of nitrogens with zero attached hydrogens (tertiary/aromatic N) is 1. The van der Waals surface area contributed by atoms with E-state index in [1.807, 2.05) is 85.8 Å². The SMILES string of the molecule is CC/C(=C\c1ccc(O)cc1Cl)CC[C@@H](O)C1=C(COc2ccccc2)C[C@H]2C(=O)N(c3ccc(Nc4ccccc4)cc3)C(=O)[C@H]2[C@H]1CO. The quantitative estimate of drug-likeness (QED) is 0.0830. The van der Waals surface area contributed by atoms with Crippen LogP contribution in [0.25, 0.3) is 6.08 Å². The summed E-state index contributed by atoms with van der Waals surface area (Å²) >= 11 is 6.36. The van der Waals surface area contributed by atoms with Crippen LogP contribution in [0, 0.1) is 17.8 Å². The number of aliphatic hydroxyl groups excluding tert-OH is 2. The normalized spacial score (nSPS) is 19.8. The predicted molar refractivity (Wildman–Crippen MR) is 196 cm³/mol. The standard InChI is InChI=1S/C41H41ClN2O6/c1-2-26(21-27-14-19-32(46)23-36(27)42)13-20-37(47)38-28(25-50-33-11-7-4-8-12-33)22-34-39(35(38)24-45)41(49)44(40(34)48)31-17-15-30(16-18-31)43-29-9-5-3-6-10-29/h3-12,14-19,21,23,34-35,37,39,43,45-47H,2,13,20,22,24-25H2,1H3/b26-21+/t34-,35+,37-,39-/m1/s1. The molecule has 1 aliphatic carbocycles. The zero-order chi connectivity index (χ0) is 35.2. The molecular weight excluding hydrogens is 652 g/mol. The van der Waals surface area contributed by atoms with Gasteiger partial charge >= 0.3 is 0 Å². The summed E-state index contributed by atoms with van der Waals surface area (Å²) in [6, 6.07) is 30.9. The number of fused-ring (bicyclic) bond motifs is 1. The summed E-state index contributed by atoms with van der Waals surface area (Å²) in [5.41, 5.74) is 5.27. The van der Waals surface area contributed by atoms with Crippen LogP contribution in [0.1, 0.15) is 38.2 Å². The number of phenolic OH excluding ortho intramolecular Hbond substituents is 1. The predicted octanol–water partition coefficient (Wildman–Crippen LogP) is 7.92. The molecule has 4 atom stereocenters. The summed E-state index contributed by atoms with van der Waals surface area (Å²) in [7, 11) is 0. The average Bonchev–Trinajstić information content (AvgIpc) is 3.38. The van der Waals surface area contributed by atoms with Crippen LogP contribution in [0.4, 0.5) is 17.1 Å². The lowest BCUT2D eigenvalue weighted by Gasteiger charge is -2.36. The van der Waals surface area contributed by atoms with Gasteiger partial charge in [0.2, 0.25) is 11.8 Å². The first kappa shape index (κ1) is 35.0. The molecule has 50 heavy (non-hydrogen) atoms. The maximum atomic E-state index is 14.1. The van der Waals surface area contributed by atoms with Crippen LogP contribution in [0.15, 0.2) is 120 Å². The second kappa shape index (κ2) is 15.8. The third-order valence-electron chi connectivity index (χ3n) is 9.62. The van der Waals surface area contributed by atoms with Crippen molar-refractivity contribution in [3.05, 3.63) is 130 Å². The molecule has 4 N–H and O–H groups in total. The molecule has 0 radical (unpaired) electrons. The van der Waals surface area contributed by atoms with Gasteiger partial charge in [-0.25, -0.2) is 0 Å². The number of phenols is 1. The number of aromatic hydroxyl groups is 1. The van der Waals surface area contributed by atoms with Crippen LogP contribution in [-0.4, -0.2) is 46.5 Å². The van der Waals surface area contributed by atoms with E-state index in [4.69, 9.17) is 16.3 Å². The molecular formula is C41H41ClN2O6. The maximum absolute atomic E-state index is 14.1. The number of ether oxygens (including phenoxy) is 1. The molecule has 4 aromatic rings. The Balaban J connectivity index is 1.26. The van der Waals surface area contributed by atoms with Crippen molar-refractivity contribution in [3.63, 3.8) is 0 Å². The van der Waals surface area contributed by atoms with E-state index in [1.54, 1.807) is 24.3 Å². The fourth-order valence-corrected chi connectivity index (χ4v) is 7.33. The van der Waals surface area contributed by atoms with Crippen molar-refractivity contribution in [3.8, 4) is 11.5 Å².